The third-order valence-corrected chi connectivity index (χ3v) is 3.07. The minimum Gasteiger partial charge on any atom is -0.376 e. The molecule has 86 valence electrons. The molecule has 0 saturated carbocycles. The van der Waals surface area contributed by atoms with Crippen molar-refractivity contribution in [3.8, 4) is 12.3 Å². The lowest BCUT2D eigenvalue weighted by molar-refractivity contribution is -0.153. The Bertz CT molecular complexity index is 361. The Balaban J connectivity index is 2.21. The van der Waals surface area contributed by atoms with Crippen LogP contribution in [-0.4, -0.2) is 35.7 Å². The number of amides is 1. The number of terminal acetylenes is 1. The Morgan fingerprint density at radius 2 is 2.31 bits per heavy atom. The topological polar surface area (TPSA) is 58.6 Å². The van der Waals surface area contributed by atoms with Crippen LogP contribution < -0.4 is 5.32 Å². The first-order chi connectivity index (χ1) is 7.63. The van der Waals surface area contributed by atoms with Gasteiger partial charge in [-0.3, -0.25) is 15.0 Å². The molecular formula is C11H14N2O3. The second-order valence-corrected chi connectivity index (χ2v) is 4.22. The average molecular weight is 222 g/mol. The summed E-state index contributed by atoms with van der Waals surface area (Å²) < 4.78 is 4.67. The van der Waals surface area contributed by atoms with Gasteiger partial charge in [0.25, 0.3) is 0 Å². The van der Waals surface area contributed by atoms with Crippen molar-refractivity contribution in [1.82, 2.24) is 10.2 Å². The van der Waals surface area contributed by atoms with Crippen LogP contribution in [0.2, 0.25) is 0 Å². The number of nitrogens with one attached hydrogen (secondary N) is 1. The number of esters is 1. The van der Waals surface area contributed by atoms with Crippen molar-refractivity contribution in [2.45, 2.75) is 32.0 Å². The molecule has 5 nitrogen and oxygen atoms in total. The molecule has 0 aromatic rings. The van der Waals surface area contributed by atoms with E-state index in [4.69, 9.17) is 6.42 Å². The van der Waals surface area contributed by atoms with Crippen LogP contribution in [0.3, 0.4) is 0 Å². The fourth-order valence-electron chi connectivity index (χ4n) is 2.23. The first-order valence-electron chi connectivity index (χ1n) is 5.35. The molecule has 2 saturated heterocycles. The Labute approximate surface area is 94.1 Å². The van der Waals surface area contributed by atoms with Gasteiger partial charge in [-0.2, -0.15) is 0 Å². The minimum atomic E-state index is -0.647. The molecular weight excluding hydrogens is 208 g/mol. The molecule has 5 heteroatoms. The zero-order valence-electron chi connectivity index (χ0n) is 9.10. The fourth-order valence-corrected chi connectivity index (χ4v) is 2.23. The molecule has 1 N–H and O–H groups in total. The number of nitrogens with zero attached hydrogens (tertiary/aromatic N) is 1. The largest absolute Gasteiger partial charge is 0.419 e. The monoisotopic (exact) mass is 222 g/mol. The van der Waals surface area contributed by atoms with Crippen LogP contribution in [-0.2, 0) is 9.53 Å². The first-order valence-corrected chi connectivity index (χ1v) is 5.35. The summed E-state index contributed by atoms with van der Waals surface area (Å²) in [6.45, 7) is 2.18. The van der Waals surface area contributed by atoms with Gasteiger partial charge in [-0.15, -0.1) is 6.42 Å². The van der Waals surface area contributed by atoms with E-state index < -0.39 is 12.1 Å². The Hall–Kier alpha value is -1.54. The summed E-state index contributed by atoms with van der Waals surface area (Å²) in [5.74, 6) is 1.67. The van der Waals surface area contributed by atoms with Crippen molar-refractivity contribution >= 4 is 12.1 Å². The van der Waals surface area contributed by atoms with Gasteiger partial charge in [-0.05, 0) is 19.8 Å². The van der Waals surface area contributed by atoms with E-state index in [1.165, 1.54) is 4.90 Å². The summed E-state index contributed by atoms with van der Waals surface area (Å²) in [5.41, 5.74) is 0. The van der Waals surface area contributed by atoms with Crippen LogP contribution >= 0.6 is 0 Å². The van der Waals surface area contributed by atoms with Gasteiger partial charge < -0.3 is 4.74 Å². The zero-order valence-corrected chi connectivity index (χ0v) is 9.10. The number of piperidine rings is 1. The Kier molecular flexibility index (Phi) is 2.84. The van der Waals surface area contributed by atoms with Gasteiger partial charge >= 0.3 is 12.1 Å². The van der Waals surface area contributed by atoms with Crippen molar-refractivity contribution in [3.63, 3.8) is 0 Å². The van der Waals surface area contributed by atoms with Gasteiger partial charge in [-0.25, -0.2) is 4.79 Å². The number of carbonyl (C=O) groups is 2. The third kappa shape index (κ3) is 1.76. The molecule has 3 atom stereocenters. The fraction of sp³-hybridized carbons (Fsp3) is 0.636. The van der Waals surface area contributed by atoms with Crippen LogP contribution in [0.5, 0.6) is 0 Å². The van der Waals surface area contributed by atoms with E-state index in [-0.39, 0.29) is 24.7 Å². The molecule has 1 amide bonds. The van der Waals surface area contributed by atoms with Gasteiger partial charge in [0.2, 0.25) is 0 Å². The van der Waals surface area contributed by atoms with E-state index >= 15 is 0 Å². The molecule has 0 radical (unpaired) electrons. The summed E-state index contributed by atoms with van der Waals surface area (Å²) in [7, 11) is 0. The van der Waals surface area contributed by atoms with Crippen LogP contribution in [0.15, 0.2) is 0 Å². The molecule has 2 aliphatic rings. The zero-order chi connectivity index (χ0) is 11.7. The van der Waals surface area contributed by atoms with Gasteiger partial charge in [0.05, 0.1) is 12.5 Å². The number of cyclic esters (lactones) is 2. The number of rotatable bonds is 1. The standard InChI is InChI=1S/C11H14N2O3/c1-3-6-13-9-8(5-4-7(2)12-9)10(14)16-11(13)15/h1,7-9,12H,4-6H2,2H3. The third-order valence-electron chi connectivity index (χ3n) is 3.07. The van der Waals surface area contributed by atoms with E-state index in [1.807, 2.05) is 6.92 Å². The van der Waals surface area contributed by atoms with Gasteiger partial charge in [0.15, 0.2) is 0 Å². The summed E-state index contributed by atoms with van der Waals surface area (Å²) in [6.07, 6.45) is 5.87. The number of hydrogen-bond acceptors (Lipinski definition) is 4. The highest BCUT2D eigenvalue weighted by Gasteiger charge is 2.45. The van der Waals surface area contributed by atoms with Crippen molar-refractivity contribution in [2.24, 2.45) is 5.92 Å². The molecule has 3 unspecified atom stereocenters. The van der Waals surface area contributed by atoms with Crippen LogP contribution in [0, 0.1) is 18.3 Å². The lowest BCUT2D eigenvalue weighted by atomic mass is 9.90. The second kappa shape index (κ2) is 4.14. The number of hydrogen-bond donors (Lipinski definition) is 1. The maximum absolute atomic E-state index is 11.5. The molecule has 0 aromatic heterocycles. The number of ether oxygens (including phenoxy) is 1. The minimum absolute atomic E-state index is 0.160. The predicted octanol–water partition coefficient (Wildman–Crippen LogP) is 0.313. The van der Waals surface area contributed by atoms with E-state index in [0.717, 1.165) is 12.8 Å². The smallest absolute Gasteiger partial charge is 0.376 e. The molecule has 0 bridgehead atoms. The molecule has 2 fully saturated rings. The Morgan fingerprint density at radius 3 is 3.00 bits per heavy atom. The van der Waals surface area contributed by atoms with Crippen LogP contribution in [0.1, 0.15) is 19.8 Å². The summed E-state index contributed by atoms with van der Waals surface area (Å²) >= 11 is 0. The van der Waals surface area contributed by atoms with Gasteiger partial charge in [-0.1, -0.05) is 5.92 Å². The highest BCUT2D eigenvalue weighted by atomic mass is 16.6. The predicted molar refractivity (Wildman–Crippen MR) is 56.1 cm³/mol. The van der Waals surface area contributed by atoms with E-state index in [1.54, 1.807) is 0 Å². The van der Waals surface area contributed by atoms with E-state index in [0.29, 0.717) is 0 Å². The SMILES string of the molecule is C#CCN1C(=O)OC(=O)C2CCC(C)NC21. The molecule has 2 aliphatic heterocycles. The summed E-state index contributed by atoms with van der Waals surface area (Å²) in [6, 6.07) is 0.278. The summed E-state index contributed by atoms with van der Waals surface area (Å²) in [4.78, 5) is 24.4. The molecule has 0 spiro atoms. The number of fused-ring (bicyclic) bond motifs is 1. The maximum atomic E-state index is 11.5. The van der Waals surface area contributed by atoms with Crippen LogP contribution in [0.4, 0.5) is 4.79 Å². The quantitative estimate of drug-likeness (QED) is 0.394. The van der Waals surface area contributed by atoms with E-state index in [2.05, 4.69) is 16.0 Å². The number of carbonyl (C=O) groups excluding carboxylic acids is 2. The first kappa shape index (κ1) is 11.0. The van der Waals surface area contributed by atoms with Crippen LogP contribution in [0.25, 0.3) is 0 Å². The van der Waals surface area contributed by atoms with Gasteiger partial charge in [0, 0.05) is 6.04 Å². The van der Waals surface area contributed by atoms with Crippen molar-refractivity contribution in [1.29, 1.82) is 0 Å². The molecule has 0 aromatic carbocycles. The average Bonchev–Trinajstić information content (AvgIpc) is 2.23. The second-order valence-electron chi connectivity index (χ2n) is 4.22. The van der Waals surface area contributed by atoms with Crippen molar-refractivity contribution in [3.05, 3.63) is 0 Å². The molecule has 2 rings (SSSR count). The van der Waals surface area contributed by atoms with Crippen molar-refractivity contribution in [2.75, 3.05) is 6.54 Å². The highest BCUT2D eigenvalue weighted by molar-refractivity contribution is 5.89. The molecule has 16 heavy (non-hydrogen) atoms. The highest BCUT2D eigenvalue weighted by Crippen LogP contribution is 2.27. The lowest BCUT2D eigenvalue weighted by Gasteiger charge is -2.43. The maximum Gasteiger partial charge on any atom is 0.419 e. The van der Waals surface area contributed by atoms with Gasteiger partial charge in [0.1, 0.15) is 6.17 Å². The summed E-state index contributed by atoms with van der Waals surface area (Å²) in [5, 5.41) is 3.22. The Morgan fingerprint density at radius 1 is 1.56 bits per heavy atom. The van der Waals surface area contributed by atoms with Crippen molar-refractivity contribution < 1.29 is 14.3 Å². The molecule has 2 heterocycles. The molecule has 0 aliphatic carbocycles. The van der Waals surface area contributed by atoms with E-state index in [9.17, 15) is 9.59 Å². The normalized spacial score (nSPS) is 34.0. The lowest BCUT2D eigenvalue weighted by Crippen LogP contribution is -2.63.